The summed E-state index contributed by atoms with van der Waals surface area (Å²) in [5, 5.41) is 4.67. The molecular formula is C28H27F3N6O3S. The molecule has 0 spiro atoms. The van der Waals surface area contributed by atoms with Crippen LogP contribution in [0.1, 0.15) is 79.5 Å². The van der Waals surface area contributed by atoms with Gasteiger partial charge in [0.1, 0.15) is 23.1 Å². The van der Waals surface area contributed by atoms with Crippen LogP contribution in [0.2, 0.25) is 0 Å². The molecule has 13 heteroatoms. The number of fused-ring (bicyclic) bond motifs is 1. The Morgan fingerprint density at radius 3 is 2.51 bits per heavy atom. The van der Waals surface area contributed by atoms with E-state index in [2.05, 4.69) is 24.8 Å². The van der Waals surface area contributed by atoms with Gasteiger partial charge >= 0.3 is 0 Å². The van der Waals surface area contributed by atoms with E-state index in [-0.39, 0.29) is 16.8 Å². The highest BCUT2D eigenvalue weighted by atomic mass is 32.2. The minimum Gasteiger partial charge on any atom is -0.593 e. The summed E-state index contributed by atoms with van der Waals surface area (Å²) in [4.78, 5) is 27.2. The second-order valence-corrected chi connectivity index (χ2v) is 11.5. The van der Waals surface area contributed by atoms with Gasteiger partial charge in [-0.25, -0.2) is 37.5 Å². The van der Waals surface area contributed by atoms with Crippen LogP contribution in [0.4, 0.5) is 18.9 Å². The summed E-state index contributed by atoms with van der Waals surface area (Å²) in [6, 6.07) is 2.04. The zero-order valence-corrected chi connectivity index (χ0v) is 23.0. The zero-order valence-electron chi connectivity index (χ0n) is 22.2. The van der Waals surface area contributed by atoms with Crippen LogP contribution in [0, 0.1) is 17.5 Å². The molecule has 41 heavy (non-hydrogen) atoms. The molecule has 0 radical (unpaired) electrons. The second-order valence-electron chi connectivity index (χ2n) is 10.2. The first kappa shape index (κ1) is 27.6. The fraction of sp³-hybridized carbons (Fsp3) is 0.393. The lowest BCUT2D eigenvalue weighted by Gasteiger charge is -2.23. The lowest BCUT2D eigenvalue weighted by atomic mass is 10.0. The molecule has 1 N–H and O–H groups in total. The summed E-state index contributed by atoms with van der Waals surface area (Å²) in [6.07, 6.45) is 9.36. The molecule has 0 bridgehead atoms. The number of hydrogen-bond acceptors (Lipinski definition) is 8. The van der Waals surface area contributed by atoms with Crippen molar-refractivity contribution in [3.8, 4) is 11.1 Å². The average molecular weight is 585 g/mol. The highest BCUT2D eigenvalue weighted by Gasteiger charge is 2.32. The standard InChI is InChI=1S/C28H27F3N6O3S/c1-2-9-41(39)36-25-20(30)11-19(29)22(23(25)31)26(38)24-18-10-16(17-13-32-27(33-14-17)15-6-7-15)12-34-28(18)37(35-24)21-5-3-4-8-40-21/h10-15,21,36H,2-9H2,1H3. The number of ether oxygens (including phenoxy) is 1. The number of pyridine rings is 1. The molecule has 1 saturated heterocycles. The maximum absolute atomic E-state index is 15.6. The number of aromatic nitrogens is 5. The van der Waals surface area contributed by atoms with Crippen LogP contribution in [0.5, 0.6) is 0 Å². The minimum atomic E-state index is -1.83. The van der Waals surface area contributed by atoms with Gasteiger partial charge in [-0.3, -0.25) is 4.79 Å². The highest BCUT2D eigenvalue weighted by molar-refractivity contribution is 7.92. The van der Waals surface area contributed by atoms with E-state index in [0.717, 1.165) is 31.5 Å². The van der Waals surface area contributed by atoms with Gasteiger partial charge in [0, 0.05) is 48.3 Å². The number of carbonyl (C=O) groups is 1. The number of nitrogens with zero attached hydrogens (tertiary/aromatic N) is 5. The molecule has 2 atom stereocenters. The minimum absolute atomic E-state index is 0.107. The number of anilines is 1. The maximum Gasteiger partial charge on any atom is 0.219 e. The van der Waals surface area contributed by atoms with Gasteiger partial charge in [-0.05, 0) is 44.6 Å². The van der Waals surface area contributed by atoms with Crippen molar-refractivity contribution in [3.63, 3.8) is 0 Å². The number of ketones is 1. The Bertz CT molecular complexity index is 1610. The Morgan fingerprint density at radius 2 is 1.83 bits per heavy atom. The molecule has 214 valence electrons. The smallest absolute Gasteiger partial charge is 0.219 e. The molecule has 2 fully saturated rings. The van der Waals surface area contributed by atoms with Crippen LogP contribution in [0.3, 0.4) is 0 Å². The molecule has 2 aliphatic rings. The topological polar surface area (TPSA) is 118 Å². The molecule has 3 aromatic heterocycles. The van der Waals surface area contributed by atoms with Gasteiger partial charge in [-0.1, -0.05) is 6.92 Å². The van der Waals surface area contributed by atoms with Gasteiger partial charge < -0.3 is 9.29 Å². The summed E-state index contributed by atoms with van der Waals surface area (Å²) < 4.78 is 66.8. The molecule has 1 aromatic carbocycles. The number of carbonyl (C=O) groups excluding carboxylic acids is 1. The van der Waals surface area contributed by atoms with Crippen molar-refractivity contribution >= 4 is 33.9 Å². The highest BCUT2D eigenvalue weighted by Crippen LogP contribution is 2.38. The Balaban J connectivity index is 1.46. The van der Waals surface area contributed by atoms with E-state index in [1.54, 1.807) is 31.6 Å². The van der Waals surface area contributed by atoms with E-state index < -0.39 is 52.1 Å². The third-order valence-electron chi connectivity index (χ3n) is 7.14. The van der Waals surface area contributed by atoms with Crippen molar-refractivity contribution in [2.75, 3.05) is 17.1 Å². The van der Waals surface area contributed by atoms with Crippen molar-refractivity contribution in [2.45, 2.75) is 57.6 Å². The Morgan fingerprint density at radius 1 is 1.07 bits per heavy atom. The predicted octanol–water partition coefficient (Wildman–Crippen LogP) is 5.60. The Kier molecular flexibility index (Phi) is 7.66. The molecular weight excluding hydrogens is 557 g/mol. The summed E-state index contributed by atoms with van der Waals surface area (Å²) >= 11 is -1.83. The third kappa shape index (κ3) is 5.41. The quantitative estimate of drug-likeness (QED) is 0.200. The van der Waals surface area contributed by atoms with Gasteiger partial charge in [-0.15, -0.1) is 0 Å². The Hall–Kier alpha value is -3.55. The number of nitrogens with one attached hydrogen (secondary N) is 1. The molecule has 1 saturated carbocycles. The average Bonchev–Trinajstić information content (AvgIpc) is 3.76. The molecule has 1 aliphatic heterocycles. The molecule has 6 rings (SSSR count). The van der Waals surface area contributed by atoms with Gasteiger partial charge in [0.15, 0.2) is 29.2 Å². The van der Waals surface area contributed by atoms with Crippen molar-refractivity contribution in [1.82, 2.24) is 24.7 Å². The number of halogens is 3. The van der Waals surface area contributed by atoms with Crippen LogP contribution in [0.15, 0.2) is 30.7 Å². The fourth-order valence-electron chi connectivity index (χ4n) is 4.87. The first-order chi connectivity index (χ1) is 19.9. The lowest BCUT2D eigenvalue weighted by Crippen LogP contribution is -2.21. The number of rotatable bonds is 9. The summed E-state index contributed by atoms with van der Waals surface area (Å²) in [7, 11) is 0. The molecule has 9 nitrogen and oxygen atoms in total. The largest absolute Gasteiger partial charge is 0.593 e. The third-order valence-corrected chi connectivity index (χ3v) is 8.35. The Labute approximate surface area is 236 Å². The number of benzene rings is 1. The SMILES string of the molecule is CCC[S+]([O-])Nc1c(F)cc(F)c(C(=O)c2nn(C3CCCCO3)c3ncc(-c4cnc(C5CC5)nc4)cc23)c1F. The van der Waals surface area contributed by atoms with Crippen molar-refractivity contribution in [3.05, 3.63) is 65.3 Å². The first-order valence-corrected chi connectivity index (χ1v) is 14.9. The summed E-state index contributed by atoms with van der Waals surface area (Å²) in [5.41, 5.74) is -0.606. The van der Waals surface area contributed by atoms with Crippen LogP contribution >= 0.6 is 0 Å². The van der Waals surface area contributed by atoms with Crippen LogP contribution in [-0.4, -0.2) is 47.4 Å². The molecule has 4 aromatic rings. The van der Waals surface area contributed by atoms with E-state index in [4.69, 9.17) is 4.74 Å². The lowest BCUT2D eigenvalue weighted by molar-refractivity contribution is -0.0371. The van der Waals surface area contributed by atoms with Crippen molar-refractivity contribution < 1.29 is 27.3 Å². The zero-order chi connectivity index (χ0) is 28.7. The van der Waals surface area contributed by atoms with E-state index in [1.165, 1.54) is 4.68 Å². The fourth-order valence-corrected chi connectivity index (χ4v) is 5.75. The monoisotopic (exact) mass is 584 g/mol. The van der Waals surface area contributed by atoms with E-state index in [1.807, 2.05) is 0 Å². The van der Waals surface area contributed by atoms with Gasteiger partial charge in [0.25, 0.3) is 0 Å². The normalized spacial score (nSPS) is 18.0. The molecule has 0 amide bonds. The van der Waals surface area contributed by atoms with Gasteiger partial charge in [-0.2, -0.15) is 5.10 Å². The predicted molar refractivity (Wildman–Crippen MR) is 146 cm³/mol. The van der Waals surface area contributed by atoms with Crippen molar-refractivity contribution in [1.29, 1.82) is 0 Å². The van der Waals surface area contributed by atoms with Crippen LogP contribution in [-0.2, 0) is 16.1 Å². The maximum atomic E-state index is 15.6. The van der Waals surface area contributed by atoms with Gasteiger partial charge in [0.2, 0.25) is 5.78 Å². The molecule has 2 unspecified atom stereocenters. The summed E-state index contributed by atoms with van der Waals surface area (Å²) in [5.74, 6) is -4.04. The van der Waals surface area contributed by atoms with Gasteiger partial charge in [0.05, 0.1) is 22.3 Å². The van der Waals surface area contributed by atoms with E-state index in [9.17, 15) is 13.7 Å². The van der Waals surface area contributed by atoms with Crippen LogP contribution < -0.4 is 4.72 Å². The second kappa shape index (κ2) is 11.4. The summed E-state index contributed by atoms with van der Waals surface area (Å²) in [6.45, 7) is 2.24. The molecule has 1 aliphatic carbocycles. The number of hydrogen-bond donors (Lipinski definition) is 1. The van der Waals surface area contributed by atoms with Crippen LogP contribution in [0.25, 0.3) is 22.2 Å². The van der Waals surface area contributed by atoms with E-state index in [0.29, 0.717) is 48.2 Å². The molecule has 4 heterocycles. The van der Waals surface area contributed by atoms with Crippen molar-refractivity contribution in [2.24, 2.45) is 0 Å². The first-order valence-electron chi connectivity index (χ1n) is 13.5. The van der Waals surface area contributed by atoms with E-state index >= 15 is 8.78 Å².